The Labute approximate surface area is 219 Å². The second kappa shape index (κ2) is 30.5. The molecule has 0 bridgehead atoms. The van der Waals surface area contributed by atoms with Gasteiger partial charge >= 0.3 is 0 Å². The smallest absolute Gasteiger partial charge is 0.187 e. The molecule has 1 radical (unpaired) electrons. The van der Waals surface area contributed by atoms with Crippen LogP contribution in [0.2, 0.25) is 0 Å². The van der Waals surface area contributed by atoms with E-state index in [0.717, 1.165) is 57.8 Å². The van der Waals surface area contributed by atoms with Crippen LogP contribution < -0.4 is 15.3 Å². The predicted molar refractivity (Wildman–Crippen MR) is 125 cm³/mol. The molecule has 0 rings (SSSR count). The van der Waals surface area contributed by atoms with Crippen LogP contribution in [-0.2, 0) is 32.9 Å². The Morgan fingerprint density at radius 1 is 0.531 bits per heavy atom. The van der Waals surface area contributed by atoms with Gasteiger partial charge in [0.2, 0.25) is 0 Å². The summed E-state index contributed by atoms with van der Waals surface area (Å²) in [4.78, 5) is 31.0. The van der Waals surface area contributed by atoms with Gasteiger partial charge in [0, 0.05) is 36.5 Å². The first-order valence-electron chi connectivity index (χ1n) is 11.8. The number of carbonyl (C=O) groups excluding carboxylic acids is 3. The van der Waals surface area contributed by atoms with Gasteiger partial charge in [-0.25, -0.2) is 0 Å². The fraction of sp³-hybridized carbons (Fsp3) is 0.875. The minimum atomic E-state index is -0.893. The van der Waals surface area contributed by atoms with Crippen molar-refractivity contribution in [3.05, 3.63) is 0 Å². The fourth-order valence-corrected chi connectivity index (χ4v) is 2.82. The summed E-state index contributed by atoms with van der Waals surface area (Å²) in [7, 11) is 0. The number of rotatable bonds is 15. The van der Waals surface area contributed by atoms with E-state index in [0.29, 0.717) is 19.3 Å². The molecule has 0 aromatic heterocycles. The number of hydrogen-bond acceptors (Lipinski definition) is 6. The fourth-order valence-electron chi connectivity index (χ4n) is 2.82. The first-order chi connectivity index (χ1) is 14.2. The third-order valence-corrected chi connectivity index (χ3v) is 5.20. The molecule has 32 heavy (non-hydrogen) atoms. The van der Waals surface area contributed by atoms with Crippen molar-refractivity contribution in [2.75, 3.05) is 0 Å². The normalized spacial score (nSPS) is 12.2. The van der Waals surface area contributed by atoms with Crippen LogP contribution in [0.3, 0.4) is 0 Å². The second-order valence-corrected chi connectivity index (χ2v) is 7.70. The SMILES string of the molecule is CCCCC(CC)C(=O)[O-].CCCCC(CC)C(=O)[O-].CCCCC(CC)C(=O)[O-].[AlH3].[V]. The van der Waals surface area contributed by atoms with Crippen LogP contribution in [0, 0.1) is 17.8 Å². The largest absolute Gasteiger partial charge is 0.550 e. The molecule has 6 nitrogen and oxygen atoms in total. The zero-order chi connectivity index (χ0) is 23.9. The van der Waals surface area contributed by atoms with Crippen LogP contribution in [-0.4, -0.2) is 35.3 Å². The molecule has 3 unspecified atom stereocenters. The van der Waals surface area contributed by atoms with Crippen molar-refractivity contribution < 1.29 is 48.3 Å². The van der Waals surface area contributed by atoms with Crippen LogP contribution in [0.4, 0.5) is 0 Å². The van der Waals surface area contributed by atoms with Crippen LogP contribution in [0.15, 0.2) is 0 Å². The Bertz CT molecular complexity index is 373. The molecule has 8 heteroatoms. The summed E-state index contributed by atoms with van der Waals surface area (Å²) in [6, 6.07) is 0. The van der Waals surface area contributed by atoms with Gasteiger partial charge in [-0.2, -0.15) is 0 Å². The van der Waals surface area contributed by atoms with Crippen LogP contribution in [0.5, 0.6) is 0 Å². The van der Waals surface area contributed by atoms with Gasteiger partial charge in [0.05, 0.1) is 0 Å². The molecule has 0 aliphatic rings. The molecule has 0 aromatic rings. The van der Waals surface area contributed by atoms with Crippen molar-refractivity contribution in [3.8, 4) is 0 Å². The zero-order valence-corrected chi connectivity index (χ0v) is 22.0. The number of hydrogen-bond donors (Lipinski definition) is 0. The van der Waals surface area contributed by atoms with Gasteiger partial charge in [-0.05, 0) is 56.3 Å². The molecule has 0 heterocycles. The molecule has 0 N–H and O–H groups in total. The minimum absolute atomic E-state index is 0. The Balaban J connectivity index is -0.000000110. The molecule has 0 amide bonds. The maximum Gasteiger partial charge on any atom is 0.187 e. The van der Waals surface area contributed by atoms with Gasteiger partial charge in [0.25, 0.3) is 0 Å². The van der Waals surface area contributed by atoms with Crippen LogP contribution >= 0.6 is 0 Å². The van der Waals surface area contributed by atoms with E-state index in [1.54, 1.807) is 0 Å². The van der Waals surface area contributed by atoms with Crippen molar-refractivity contribution in [2.45, 2.75) is 119 Å². The van der Waals surface area contributed by atoms with Crippen molar-refractivity contribution in [2.24, 2.45) is 17.8 Å². The molecule has 0 saturated carbocycles. The first-order valence-corrected chi connectivity index (χ1v) is 11.8. The quantitative estimate of drug-likeness (QED) is 0.309. The summed E-state index contributed by atoms with van der Waals surface area (Å²) in [5.41, 5.74) is 0. The number of unbranched alkanes of at least 4 members (excludes halogenated alkanes) is 3. The molecule has 0 saturated heterocycles. The van der Waals surface area contributed by atoms with Crippen LogP contribution in [0.25, 0.3) is 0 Å². The van der Waals surface area contributed by atoms with Gasteiger partial charge in [-0.15, -0.1) is 0 Å². The first kappa shape index (κ1) is 41.8. The molecule has 0 aromatic carbocycles. The summed E-state index contributed by atoms with van der Waals surface area (Å²) in [5.74, 6) is -3.34. The van der Waals surface area contributed by atoms with E-state index in [1.807, 2.05) is 20.8 Å². The number of carboxylic acids is 3. The van der Waals surface area contributed by atoms with Crippen molar-refractivity contribution in [1.29, 1.82) is 0 Å². The minimum Gasteiger partial charge on any atom is -0.550 e. The molecule has 0 aliphatic carbocycles. The monoisotopic (exact) mass is 510 g/mol. The average molecular weight is 511 g/mol. The van der Waals surface area contributed by atoms with Gasteiger partial charge < -0.3 is 29.7 Å². The molecule has 3 atom stereocenters. The number of carboxylic acid groups (broad SMARTS) is 3. The molecule has 0 aliphatic heterocycles. The van der Waals surface area contributed by atoms with E-state index >= 15 is 0 Å². The summed E-state index contributed by atoms with van der Waals surface area (Å²) in [6.07, 6.45) is 10.6. The van der Waals surface area contributed by atoms with Crippen molar-refractivity contribution >= 4 is 35.3 Å². The van der Waals surface area contributed by atoms with Gasteiger partial charge in [0.1, 0.15) is 0 Å². The topological polar surface area (TPSA) is 120 Å². The summed E-state index contributed by atoms with van der Waals surface area (Å²) in [6.45, 7) is 11.8. The molecule has 0 fully saturated rings. The zero-order valence-electron chi connectivity index (χ0n) is 20.6. The predicted octanol–water partition coefficient (Wildman–Crippen LogP) is 1.67. The summed E-state index contributed by atoms with van der Waals surface area (Å²) < 4.78 is 0. The van der Waals surface area contributed by atoms with E-state index in [9.17, 15) is 29.7 Å². The number of aliphatic carboxylic acids is 3. The summed E-state index contributed by atoms with van der Waals surface area (Å²) >= 11 is 0. The van der Waals surface area contributed by atoms with E-state index in [4.69, 9.17) is 0 Å². The maximum absolute atomic E-state index is 10.3. The van der Waals surface area contributed by atoms with E-state index in [-0.39, 0.29) is 53.7 Å². The molecular weight excluding hydrogens is 462 g/mol. The number of carbonyl (C=O) groups is 3. The second-order valence-electron chi connectivity index (χ2n) is 7.70. The molecule has 0 spiro atoms. The molecule has 191 valence electrons. The maximum atomic E-state index is 10.3. The van der Waals surface area contributed by atoms with E-state index < -0.39 is 17.9 Å². The average Bonchev–Trinajstić information content (AvgIpc) is 2.70. The Hall–Kier alpha value is -0.473. The van der Waals surface area contributed by atoms with Crippen molar-refractivity contribution in [3.63, 3.8) is 0 Å². The van der Waals surface area contributed by atoms with Gasteiger partial charge in [-0.1, -0.05) is 80.1 Å². The Morgan fingerprint density at radius 2 is 0.719 bits per heavy atom. The van der Waals surface area contributed by atoms with Gasteiger partial charge in [0.15, 0.2) is 17.4 Å². The van der Waals surface area contributed by atoms with Crippen LogP contribution in [0.1, 0.15) is 119 Å². The third-order valence-electron chi connectivity index (χ3n) is 5.20. The van der Waals surface area contributed by atoms with Gasteiger partial charge in [-0.3, -0.25) is 0 Å². The Kier molecular flexibility index (Phi) is 39.8. The Morgan fingerprint density at radius 3 is 0.812 bits per heavy atom. The molecular formula is C24H48AlO6V-3. The third kappa shape index (κ3) is 27.6. The summed E-state index contributed by atoms with van der Waals surface area (Å²) in [5, 5.41) is 31.0. The van der Waals surface area contributed by atoms with E-state index in [1.165, 1.54) is 0 Å². The standard InChI is InChI=1S/3C8H16O2.Al.V.3H/c3*1-3-5-6-7(4-2)8(9)10;;;;;/h3*7H,3-6H2,1-2H3,(H,9,10);;;;;/p-3. The van der Waals surface area contributed by atoms with E-state index in [2.05, 4.69) is 20.8 Å². The van der Waals surface area contributed by atoms with Crippen molar-refractivity contribution in [1.82, 2.24) is 0 Å².